The smallest absolute Gasteiger partial charge is 0.262 e. The number of nitrogens with one attached hydrogen (secondary N) is 1. The summed E-state index contributed by atoms with van der Waals surface area (Å²) in [5.74, 6) is 0.679. The minimum Gasteiger partial charge on any atom is -0.496 e. The van der Waals surface area contributed by atoms with Gasteiger partial charge >= 0.3 is 0 Å². The quantitative estimate of drug-likeness (QED) is 0.788. The Morgan fingerprint density at radius 3 is 2.95 bits per heavy atom. The predicted molar refractivity (Wildman–Crippen MR) is 73.9 cm³/mol. The van der Waals surface area contributed by atoms with Crippen LogP contribution >= 0.6 is 0 Å². The molecule has 0 aromatic carbocycles. The third-order valence-corrected chi connectivity index (χ3v) is 2.86. The molecule has 100 valence electrons. The van der Waals surface area contributed by atoms with Gasteiger partial charge in [0.25, 0.3) is 5.91 Å². The third-order valence-electron chi connectivity index (χ3n) is 2.86. The lowest BCUT2D eigenvalue weighted by atomic mass is 10.2. The zero-order chi connectivity index (χ0) is 13.9. The van der Waals surface area contributed by atoms with Crippen LogP contribution in [0.25, 0.3) is 5.65 Å². The second-order valence-corrected chi connectivity index (χ2v) is 4.12. The van der Waals surface area contributed by atoms with E-state index in [-0.39, 0.29) is 5.91 Å². The van der Waals surface area contributed by atoms with Gasteiger partial charge in [-0.1, -0.05) is 6.07 Å². The fraction of sp³-hybridized carbons (Fsp3) is 0.0714. The molecule has 3 heterocycles. The molecule has 3 aromatic rings. The molecule has 1 N–H and O–H groups in total. The highest BCUT2D eigenvalue weighted by atomic mass is 16.5. The number of fused-ring (bicyclic) bond motifs is 1. The van der Waals surface area contributed by atoms with Crippen LogP contribution in [0.4, 0.5) is 5.82 Å². The molecule has 20 heavy (non-hydrogen) atoms. The molecule has 3 rings (SSSR count). The SMILES string of the molecule is COc1cc2nccn2cc1C(=O)Nc1ccccn1. The molecule has 0 aliphatic heterocycles. The molecule has 6 heteroatoms. The first-order chi connectivity index (χ1) is 9.78. The second-order valence-electron chi connectivity index (χ2n) is 4.12. The van der Waals surface area contributed by atoms with Crippen LogP contribution in [0.1, 0.15) is 10.4 Å². The highest BCUT2D eigenvalue weighted by molar-refractivity contribution is 6.05. The van der Waals surface area contributed by atoms with Crippen molar-refractivity contribution in [1.82, 2.24) is 14.4 Å². The highest BCUT2D eigenvalue weighted by Crippen LogP contribution is 2.21. The van der Waals surface area contributed by atoms with Crippen molar-refractivity contribution in [3.63, 3.8) is 0 Å². The fourth-order valence-electron chi connectivity index (χ4n) is 1.90. The Morgan fingerprint density at radius 1 is 1.30 bits per heavy atom. The van der Waals surface area contributed by atoms with E-state index in [1.165, 1.54) is 7.11 Å². The summed E-state index contributed by atoms with van der Waals surface area (Å²) in [6.07, 6.45) is 6.73. The number of rotatable bonds is 3. The van der Waals surface area contributed by atoms with Crippen molar-refractivity contribution in [3.8, 4) is 5.75 Å². The van der Waals surface area contributed by atoms with E-state index < -0.39 is 0 Å². The van der Waals surface area contributed by atoms with Crippen LogP contribution in [0.2, 0.25) is 0 Å². The number of amides is 1. The Balaban J connectivity index is 1.97. The van der Waals surface area contributed by atoms with Crippen molar-refractivity contribution in [1.29, 1.82) is 0 Å². The number of nitrogens with zero attached hydrogens (tertiary/aromatic N) is 3. The highest BCUT2D eigenvalue weighted by Gasteiger charge is 2.14. The summed E-state index contributed by atoms with van der Waals surface area (Å²) in [7, 11) is 1.52. The van der Waals surface area contributed by atoms with Crippen molar-refractivity contribution in [2.24, 2.45) is 0 Å². The number of pyridine rings is 2. The molecule has 0 unspecified atom stereocenters. The van der Waals surface area contributed by atoms with Crippen LogP contribution in [0, 0.1) is 0 Å². The van der Waals surface area contributed by atoms with Gasteiger partial charge in [-0.3, -0.25) is 4.79 Å². The standard InChI is InChI=1S/C14H12N4O2/c1-20-11-8-13-16-6-7-18(13)9-10(11)14(19)17-12-4-2-3-5-15-12/h2-9H,1H3,(H,15,17,19). The van der Waals surface area contributed by atoms with Crippen LogP contribution in [-0.2, 0) is 0 Å². The van der Waals surface area contributed by atoms with Crippen molar-refractivity contribution in [2.75, 3.05) is 12.4 Å². The molecule has 0 bridgehead atoms. The Hall–Kier alpha value is -2.89. The summed E-state index contributed by atoms with van der Waals surface area (Å²) in [5, 5.41) is 2.73. The average Bonchev–Trinajstić information content (AvgIpc) is 2.94. The Morgan fingerprint density at radius 2 is 2.20 bits per heavy atom. The maximum absolute atomic E-state index is 12.3. The van der Waals surface area contributed by atoms with Crippen molar-refractivity contribution < 1.29 is 9.53 Å². The first-order valence-electron chi connectivity index (χ1n) is 6.01. The number of methoxy groups -OCH3 is 1. The number of ether oxygens (including phenoxy) is 1. The number of carbonyl (C=O) groups excluding carboxylic acids is 1. The molecular weight excluding hydrogens is 256 g/mol. The molecule has 6 nitrogen and oxygen atoms in total. The van der Waals surface area contributed by atoms with Crippen molar-refractivity contribution >= 4 is 17.4 Å². The lowest BCUT2D eigenvalue weighted by molar-refractivity contribution is 0.102. The van der Waals surface area contributed by atoms with E-state index in [1.807, 2.05) is 0 Å². The Labute approximate surface area is 115 Å². The average molecular weight is 268 g/mol. The monoisotopic (exact) mass is 268 g/mol. The van der Waals surface area contributed by atoms with Gasteiger partial charge in [-0.25, -0.2) is 9.97 Å². The number of anilines is 1. The molecule has 0 aliphatic rings. The second kappa shape index (κ2) is 5.00. The van der Waals surface area contributed by atoms with Crippen LogP contribution in [0.5, 0.6) is 5.75 Å². The molecule has 1 amide bonds. The molecule has 0 saturated carbocycles. The molecular formula is C14H12N4O2. The molecule has 0 fully saturated rings. The number of hydrogen-bond acceptors (Lipinski definition) is 4. The summed E-state index contributed by atoms with van der Waals surface area (Å²) in [5.41, 5.74) is 1.14. The van der Waals surface area contributed by atoms with Crippen LogP contribution in [0.3, 0.4) is 0 Å². The summed E-state index contributed by atoms with van der Waals surface area (Å²) in [4.78, 5) is 20.5. The molecule has 0 spiro atoms. The predicted octanol–water partition coefficient (Wildman–Crippen LogP) is 1.99. The molecule has 0 radical (unpaired) electrons. The van der Waals surface area contributed by atoms with Gasteiger partial charge < -0.3 is 14.5 Å². The van der Waals surface area contributed by atoms with Gasteiger partial charge in [-0.15, -0.1) is 0 Å². The zero-order valence-electron chi connectivity index (χ0n) is 10.8. The van der Waals surface area contributed by atoms with Gasteiger partial charge in [0.2, 0.25) is 0 Å². The first-order valence-corrected chi connectivity index (χ1v) is 6.01. The van der Waals surface area contributed by atoms with E-state index in [9.17, 15) is 4.79 Å². The van der Waals surface area contributed by atoms with Gasteiger partial charge in [0.05, 0.1) is 12.7 Å². The Kier molecular flexibility index (Phi) is 3.04. The number of carbonyl (C=O) groups is 1. The van der Waals surface area contributed by atoms with Crippen LogP contribution in [-0.4, -0.2) is 27.4 Å². The van der Waals surface area contributed by atoms with E-state index in [0.29, 0.717) is 17.1 Å². The lowest BCUT2D eigenvalue weighted by Gasteiger charge is -2.09. The van der Waals surface area contributed by atoms with Crippen LogP contribution < -0.4 is 10.1 Å². The molecule has 3 aromatic heterocycles. The molecule has 0 atom stereocenters. The van der Waals surface area contributed by atoms with Crippen molar-refractivity contribution in [2.45, 2.75) is 0 Å². The minimum absolute atomic E-state index is 0.281. The van der Waals surface area contributed by atoms with Gasteiger partial charge in [0, 0.05) is 30.9 Å². The fourth-order valence-corrected chi connectivity index (χ4v) is 1.90. The lowest BCUT2D eigenvalue weighted by Crippen LogP contribution is -2.14. The maximum Gasteiger partial charge on any atom is 0.262 e. The van der Waals surface area contributed by atoms with Crippen LogP contribution in [0.15, 0.2) is 49.1 Å². The summed E-state index contributed by atoms with van der Waals surface area (Å²) >= 11 is 0. The van der Waals surface area contributed by atoms with Gasteiger partial charge in [-0.2, -0.15) is 0 Å². The van der Waals surface area contributed by atoms with E-state index in [0.717, 1.165) is 5.65 Å². The van der Waals surface area contributed by atoms with E-state index in [1.54, 1.807) is 53.5 Å². The zero-order valence-corrected chi connectivity index (χ0v) is 10.8. The first kappa shape index (κ1) is 12.2. The maximum atomic E-state index is 12.3. The van der Waals surface area contributed by atoms with Gasteiger partial charge in [0.15, 0.2) is 0 Å². The molecule has 0 aliphatic carbocycles. The summed E-state index contributed by atoms with van der Waals surface area (Å²) in [6.45, 7) is 0. The van der Waals surface area contributed by atoms with Crippen molar-refractivity contribution in [3.05, 3.63) is 54.6 Å². The normalized spacial score (nSPS) is 10.4. The summed E-state index contributed by atoms with van der Waals surface area (Å²) in [6, 6.07) is 7.03. The van der Waals surface area contributed by atoms with Gasteiger partial charge in [-0.05, 0) is 12.1 Å². The molecule has 0 saturated heterocycles. The van der Waals surface area contributed by atoms with E-state index in [2.05, 4.69) is 15.3 Å². The number of imidazole rings is 1. The van der Waals surface area contributed by atoms with E-state index in [4.69, 9.17) is 4.74 Å². The summed E-state index contributed by atoms with van der Waals surface area (Å²) < 4.78 is 7.01. The third kappa shape index (κ3) is 2.18. The number of hydrogen-bond donors (Lipinski definition) is 1. The largest absolute Gasteiger partial charge is 0.496 e. The van der Waals surface area contributed by atoms with Gasteiger partial charge in [0.1, 0.15) is 17.2 Å². The topological polar surface area (TPSA) is 68.5 Å². The Bertz CT molecular complexity index is 752. The number of aromatic nitrogens is 3. The van der Waals surface area contributed by atoms with E-state index >= 15 is 0 Å². The minimum atomic E-state index is -0.281.